The first-order valence-electron chi connectivity index (χ1n) is 6.38. The van der Waals surface area contributed by atoms with Crippen LogP contribution in [-0.2, 0) is 9.53 Å². The molecule has 0 aliphatic rings. The number of halogens is 1. The van der Waals surface area contributed by atoms with Crippen LogP contribution in [0, 0.1) is 0 Å². The summed E-state index contributed by atoms with van der Waals surface area (Å²) in [5, 5.41) is 8.97. The zero-order valence-corrected chi connectivity index (χ0v) is 13.4. The maximum Gasteiger partial charge on any atom is 0.344 e. The second-order valence-corrected chi connectivity index (χ2v) is 5.01. The minimum Gasteiger partial charge on any atom is -0.493 e. The third-order valence-electron chi connectivity index (χ3n) is 2.57. The van der Waals surface area contributed by atoms with E-state index in [0.717, 1.165) is 12.8 Å². The number of hydrogen-bond donors (Lipinski definition) is 1. The number of aromatic carboxylic acids is 1. The first-order valence-corrected chi connectivity index (χ1v) is 7.18. The predicted molar refractivity (Wildman–Crippen MR) is 79.0 cm³/mol. The van der Waals surface area contributed by atoms with E-state index in [9.17, 15) is 9.59 Å². The van der Waals surface area contributed by atoms with E-state index in [0.29, 0.717) is 11.1 Å². The number of rotatable bonds is 8. The highest BCUT2D eigenvalue weighted by atomic mass is 79.9. The van der Waals surface area contributed by atoms with Crippen LogP contribution in [0.3, 0.4) is 0 Å². The number of carboxylic acid groups (broad SMARTS) is 1. The van der Waals surface area contributed by atoms with Crippen molar-refractivity contribution in [1.82, 2.24) is 0 Å². The van der Waals surface area contributed by atoms with Crippen LogP contribution in [0.15, 0.2) is 16.6 Å². The molecule has 0 spiro atoms. The number of hydrogen-bond acceptors (Lipinski definition) is 5. The predicted octanol–water partition coefficient (Wildman–Crippen LogP) is 2.88. The molecule has 1 aromatic rings. The topological polar surface area (TPSA) is 82.1 Å². The molecule has 0 unspecified atom stereocenters. The lowest BCUT2D eigenvalue weighted by Crippen LogP contribution is -2.16. The molecule has 0 aliphatic heterocycles. The second-order valence-electron chi connectivity index (χ2n) is 4.16. The Bertz CT molecular complexity index is 514. The molecule has 0 saturated carbocycles. The molecule has 116 valence electrons. The quantitative estimate of drug-likeness (QED) is 0.566. The fraction of sp³-hybridized carbons (Fsp3) is 0.429. The number of carboxylic acids is 1. The van der Waals surface area contributed by atoms with Crippen molar-refractivity contribution < 1.29 is 28.9 Å². The Balaban J connectivity index is 2.74. The number of unbranched alkanes of at least 4 members (excludes halogenated alkanes) is 1. The zero-order chi connectivity index (χ0) is 15.8. The van der Waals surface area contributed by atoms with Crippen molar-refractivity contribution in [3.8, 4) is 11.5 Å². The van der Waals surface area contributed by atoms with Crippen molar-refractivity contribution in [2.75, 3.05) is 20.3 Å². The van der Waals surface area contributed by atoms with Gasteiger partial charge in [-0.3, -0.25) is 0 Å². The molecule has 0 atom stereocenters. The Morgan fingerprint density at radius 3 is 2.62 bits per heavy atom. The van der Waals surface area contributed by atoms with Gasteiger partial charge in [0.1, 0.15) is 0 Å². The molecule has 0 amide bonds. The minimum atomic E-state index is -1.08. The zero-order valence-electron chi connectivity index (χ0n) is 11.8. The van der Waals surface area contributed by atoms with Crippen LogP contribution >= 0.6 is 15.9 Å². The molecule has 0 heterocycles. The van der Waals surface area contributed by atoms with Gasteiger partial charge in [0, 0.05) is 0 Å². The third-order valence-corrected chi connectivity index (χ3v) is 3.16. The van der Waals surface area contributed by atoms with E-state index in [1.807, 2.05) is 6.92 Å². The summed E-state index contributed by atoms with van der Waals surface area (Å²) in [4.78, 5) is 22.4. The van der Waals surface area contributed by atoms with E-state index in [-0.39, 0.29) is 23.7 Å². The molecule has 7 heteroatoms. The van der Waals surface area contributed by atoms with E-state index < -0.39 is 11.9 Å². The highest BCUT2D eigenvalue weighted by molar-refractivity contribution is 9.10. The molecule has 0 saturated heterocycles. The van der Waals surface area contributed by atoms with Crippen molar-refractivity contribution in [1.29, 1.82) is 0 Å². The molecule has 1 rings (SSSR count). The number of esters is 1. The van der Waals surface area contributed by atoms with Gasteiger partial charge in [0.25, 0.3) is 0 Å². The van der Waals surface area contributed by atoms with Crippen molar-refractivity contribution in [3.63, 3.8) is 0 Å². The van der Waals surface area contributed by atoms with Gasteiger partial charge in [-0.2, -0.15) is 0 Å². The molecular weight excluding hydrogens is 344 g/mol. The Labute approximate surface area is 131 Å². The van der Waals surface area contributed by atoms with Gasteiger partial charge in [-0.05, 0) is 34.5 Å². The molecule has 0 aromatic heterocycles. The third kappa shape index (κ3) is 5.26. The smallest absolute Gasteiger partial charge is 0.344 e. The summed E-state index contributed by atoms with van der Waals surface area (Å²) < 4.78 is 15.8. The lowest BCUT2D eigenvalue weighted by Gasteiger charge is -2.13. The van der Waals surface area contributed by atoms with Crippen LogP contribution in [0.5, 0.6) is 11.5 Å². The van der Waals surface area contributed by atoms with Crippen molar-refractivity contribution in [2.24, 2.45) is 0 Å². The number of carbonyl (C=O) groups is 2. The normalized spacial score (nSPS) is 10.0. The summed E-state index contributed by atoms with van der Waals surface area (Å²) in [6, 6.07) is 2.70. The van der Waals surface area contributed by atoms with E-state index >= 15 is 0 Å². The van der Waals surface area contributed by atoms with Gasteiger partial charge in [0.15, 0.2) is 18.1 Å². The highest BCUT2D eigenvalue weighted by Crippen LogP contribution is 2.36. The second kappa shape index (κ2) is 8.51. The van der Waals surface area contributed by atoms with E-state index in [1.54, 1.807) is 0 Å². The molecule has 0 bridgehead atoms. The molecule has 6 nitrogen and oxygen atoms in total. The lowest BCUT2D eigenvalue weighted by atomic mass is 10.2. The average molecular weight is 361 g/mol. The van der Waals surface area contributed by atoms with Crippen LogP contribution in [0.2, 0.25) is 0 Å². The van der Waals surface area contributed by atoms with E-state index in [2.05, 4.69) is 15.9 Å². The van der Waals surface area contributed by atoms with Gasteiger partial charge in [0.05, 0.1) is 23.8 Å². The number of carbonyl (C=O) groups excluding carboxylic acids is 1. The van der Waals surface area contributed by atoms with Crippen LogP contribution in [0.1, 0.15) is 30.1 Å². The summed E-state index contributed by atoms with van der Waals surface area (Å²) in [6.07, 6.45) is 1.73. The SMILES string of the molecule is CCCCOC(=O)COc1c(Br)cc(C(=O)O)cc1OC. The molecular formula is C14H17BrO6. The summed E-state index contributed by atoms with van der Waals surface area (Å²) >= 11 is 3.20. The summed E-state index contributed by atoms with van der Waals surface area (Å²) in [6.45, 7) is 2.08. The Hall–Kier alpha value is -1.76. The number of ether oxygens (including phenoxy) is 3. The van der Waals surface area contributed by atoms with Crippen LogP contribution in [-0.4, -0.2) is 37.4 Å². The fourth-order valence-electron chi connectivity index (χ4n) is 1.49. The van der Waals surface area contributed by atoms with Gasteiger partial charge < -0.3 is 19.3 Å². The average Bonchev–Trinajstić information content (AvgIpc) is 2.45. The van der Waals surface area contributed by atoms with E-state index in [1.165, 1.54) is 19.2 Å². The summed E-state index contributed by atoms with van der Waals surface area (Å²) in [7, 11) is 1.39. The van der Waals surface area contributed by atoms with Gasteiger partial charge in [-0.15, -0.1) is 0 Å². The fourth-order valence-corrected chi connectivity index (χ4v) is 2.04. The molecule has 0 radical (unpaired) electrons. The van der Waals surface area contributed by atoms with Crippen molar-refractivity contribution in [2.45, 2.75) is 19.8 Å². The summed E-state index contributed by atoms with van der Waals surface area (Å²) in [5.74, 6) is -1.09. The lowest BCUT2D eigenvalue weighted by molar-refractivity contribution is -0.146. The van der Waals surface area contributed by atoms with Crippen molar-refractivity contribution in [3.05, 3.63) is 22.2 Å². The van der Waals surface area contributed by atoms with E-state index in [4.69, 9.17) is 19.3 Å². The highest BCUT2D eigenvalue weighted by Gasteiger charge is 2.16. The summed E-state index contributed by atoms with van der Waals surface area (Å²) in [5.41, 5.74) is 0.0524. The largest absolute Gasteiger partial charge is 0.493 e. The molecule has 21 heavy (non-hydrogen) atoms. The van der Waals surface area contributed by atoms with Gasteiger partial charge in [0.2, 0.25) is 0 Å². The Morgan fingerprint density at radius 1 is 1.33 bits per heavy atom. The standard InChI is InChI=1S/C14H17BrO6/c1-3-4-5-20-12(16)8-21-13-10(15)6-9(14(17)18)7-11(13)19-2/h6-7H,3-5,8H2,1-2H3,(H,17,18). The molecule has 1 aromatic carbocycles. The molecule has 0 aliphatic carbocycles. The molecule has 0 fully saturated rings. The molecule has 1 N–H and O–H groups in total. The van der Waals surface area contributed by atoms with Crippen LogP contribution in [0.4, 0.5) is 0 Å². The maximum atomic E-state index is 11.5. The minimum absolute atomic E-state index is 0.0524. The maximum absolute atomic E-state index is 11.5. The first-order chi connectivity index (χ1) is 9.99. The van der Waals surface area contributed by atoms with Gasteiger partial charge in [-0.1, -0.05) is 13.3 Å². The van der Waals surface area contributed by atoms with Crippen LogP contribution in [0.25, 0.3) is 0 Å². The monoisotopic (exact) mass is 360 g/mol. The van der Waals surface area contributed by atoms with Gasteiger partial charge in [-0.25, -0.2) is 9.59 Å². The van der Waals surface area contributed by atoms with Crippen molar-refractivity contribution >= 4 is 27.9 Å². The number of benzene rings is 1. The van der Waals surface area contributed by atoms with Gasteiger partial charge >= 0.3 is 11.9 Å². The first kappa shape index (κ1) is 17.3. The van der Waals surface area contributed by atoms with Crippen LogP contribution < -0.4 is 9.47 Å². The number of methoxy groups -OCH3 is 1. The Kier molecular flexibility index (Phi) is 7.01. The Morgan fingerprint density at radius 2 is 2.05 bits per heavy atom.